The molecular formula is C16H13NO4. The van der Waals surface area contributed by atoms with Crippen LogP contribution < -0.4 is 4.74 Å². The van der Waals surface area contributed by atoms with Crippen molar-refractivity contribution in [2.75, 3.05) is 7.11 Å². The third-order valence-electron chi connectivity index (χ3n) is 3.40. The van der Waals surface area contributed by atoms with Gasteiger partial charge in [-0.25, -0.2) is 4.79 Å². The van der Waals surface area contributed by atoms with Crippen molar-refractivity contribution in [3.63, 3.8) is 0 Å². The number of carbonyl (C=O) groups is 2. The molecule has 0 saturated heterocycles. The van der Waals surface area contributed by atoms with E-state index in [1.165, 1.54) is 13.3 Å². The zero-order chi connectivity index (χ0) is 14.8. The summed E-state index contributed by atoms with van der Waals surface area (Å²) >= 11 is 0. The fourth-order valence-corrected chi connectivity index (χ4v) is 2.35. The van der Waals surface area contributed by atoms with Crippen molar-refractivity contribution in [2.45, 2.75) is 12.5 Å². The molecule has 1 aliphatic heterocycles. The Kier molecular flexibility index (Phi) is 3.39. The molecule has 0 N–H and O–H groups in total. The molecule has 0 unspecified atom stereocenters. The second-order valence-electron chi connectivity index (χ2n) is 4.72. The molecule has 0 saturated carbocycles. The molecule has 1 aliphatic rings. The largest absolute Gasteiger partial charge is 0.483 e. The van der Waals surface area contributed by atoms with E-state index in [-0.39, 0.29) is 12.2 Å². The number of hydrogen-bond donors (Lipinski definition) is 0. The number of fused-ring (bicyclic) bond motifs is 1. The minimum atomic E-state index is -0.418. The number of carbonyl (C=O) groups excluding carboxylic acids is 2. The lowest BCUT2D eigenvalue weighted by Crippen LogP contribution is -2.20. The number of hydrogen-bond acceptors (Lipinski definition) is 5. The number of aromatic nitrogens is 1. The van der Waals surface area contributed by atoms with Gasteiger partial charge in [-0.2, -0.15) is 0 Å². The highest BCUT2D eigenvalue weighted by atomic mass is 16.5. The Morgan fingerprint density at radius 2 is 2.24 bits per heavy atom. The standard InChI is InChI=1S/C16H13NO4/c1-20-16(19)11-4-2-3-10(7-11)14-8-13(18)12-5-6-17-9-15(12)21-14/h2-7,9,14H,8H2,1H3/t14-/m1/s1. The van der Waals surface area contributed by atoms with Crippen molar-refractivity contribution in [2.24, 2.45) is 0 Å². The third kappa shape index (κ3) is 2.50. The van der Waals surface area contributed by atoms with E-state index in [9.17, 15) is 9.59 Å². The topological polar surface area (TPSA) is 65.5 Å². The summed E-state index contributed by atoms with van der Waals surface area (Å²) in [7, 11) is 1.33. The number of benzene rings is 1. The molecule has 0 spiro atoms. The molecule has 0 amide bonds. The van der Waals surface area contributed by atoms with Gasteiger partial charge in [0.05, 0.1) is 30.9 Å². The van der Waals surface area contributed by atoms with Crippen LogP contribution in [0.1, 0.15) is 38.8 Å². The summed E-state index contributed by atoms with van der Waals surface area (Å²) in [5, 5.41) is 0. The molecule has 0 fully saturated rings. The Hall–Kier alpha value is -2.69. The zero-order valence-electron chi connectivity index (χ0n) is 11.4. The Labute approximate surface area is 121 Å². The van der Waals surface area contributed by atoms with E-state index < -0.39 is 12.1 Å². The Morgan fingerprint density at radius 3 is 3.05 bits per heavy atom. The van der Waals surface area contributed by atoms with Gasteiger partial charge in [0.1, 0.15) is 11.9 Å². The van der Waals surface area contributed by atoms with Crippen molar-refractivity contribution >= 4 is 11.8 Å². The summed E-state index contributed by atoms with van der Waals surface area (Å²) in [6.45, 7) is 0. The van der Waals surface area contributed by atoms with Crippen LogP contribution in [-0.2, 0) is 4.74 Å². The highest BCUT2D eigenvalue weighted by molar-refractivity contribution is 5.99. The van der Waals surface area contributed by atoms with Gasteiger partial charge in [-0.15, -0.1) is 0 Å². The predicted molar refractivity (Wildman–Crippen MR) is 74.3 cm³/mol. The minimum absolute atomic E-state index is 0.00659. The average Bonchev–Trinajstić information content (AvgIpc) is 2.54. The number of esters is 1. The van der Waals surface area contributed by atoms with E-state index in [0.717, 1.165) is 5.56 Å². The average molecular weight is 283 g/mol. The minimum Gasteiger partial charge on any atom is -0.483 e. The Morgan fingerprint density at radius 1 is 1.38 bits per heavy atom. The van der Waals surface area contributed by atoms with Gasteiger partial charge in [-0.3, -0.25) is 9.78 Å². The molecular weight excluding hydrogens is 270 g/mol. The third-order valence-corrected chi connectivity index (χ3v) is 3.40. The van der Waals surface area contributed by atoms with Crippen molar-refractivity contribution in [1.82, 2.24) is 4.98 Å². The van der Waals surface area contributed by atoms with Gasteiger partial charge in [0, 0.05) is 6.20 Å². The van der Waals surface area contributed by atoms with E-state index in [2.05, 4.69) is 4.98 Å². The number of nitrogens with zero attached hydrogens (tertiary/aromatic N) is 1. The van der Waals surface area contributed by atoms with Crippen LogP contribution in [0.5, 0.6) is 5.75 Å². The molecule has 1 atom stereocenters. The normalized spacial score (nSPS) is 16.8. The van der Waals surface area contributed by atoms with Gasteiger partial charge in [-0.1, -0.05) is 12.1 Å². The van der Waals surface area contributed by atoms with Gasteiger partial charge < -0.3 is 9.47 Å². The summed E-state index contributed by atoms with van der Waals surface area (Å²) in [6.07, 6.45) is 2.92. The monoisotopic (exact) mass is 283 g/mol. The van der Waals surface area contributed by atoms with Crippen LogP contribution in [0.3, 0.4) is 0 Å². The first-order chi connectivity index (χ1) is 10.2. The first-order valence-corrected chi connectivity index (χ1v) is 6.51. The molecule has 3 rings (SSSR count). The SMILES string of the molecule is COC(=O)c1cccc([C@H]2CC(=O)c3ccncc3O2)c1. The van der Waals surface area contributed by atoms with Crippen LogP contribution in [0.15, 0.2) is 42.7 Å². The van der Waals surface area contributed by atoms with Gasteiger partial charge >= 0.3 is 5.97 Å². The van der Waals surface area contributed by atoms with Gasteiger partial charge in [-0.05, 0) is 23.8 Å². The molecule has 5 nitrogen and oxygen atoms in total. The maximum atomic E-state index is 12.1. The lowest BCUT2D eigenvalue weighted by Gasteiger charge is -2.25. The maximum Gasteiger partial charge on any atom is 0.337 e. The number of ether oxygens (including phenoxy) is 2. The second kappa shape index (κ2) is 5.36. The number of ketones is 1. The van der Waals surface area contributed by atoms with E-state index in [4.69, 9.17) is 9.47 Å². The molecule has 0 aliphatic carbocycles. The van der Waals surface area contributed by atoms with Crippen LogP contribution >= 0.6 is 0 Å². The summed E-state index contributed by atoms with van der Waals surface area (Å²) in [5.74, 6) is 0.0652. The fourth-order valence-electron chi connectivity index (χ4n) is 2.35. The summed E-state index contributed by atoms with van der Waals surface area (Å²) in [4.78, 5) is 27.7. The predicted octanol–water partition coefficient (Wildman–Crippen LogP) is 2.57. The second-order valence-corrected chi connectivity index (χ2v) is 4.72. The fraction of sp³-hybridized carbons (Fsp3) is 0.188. The molecule has 1 aromatic carbocycles. The molecule has 21 heavy (non-hydrogen) atoms. The van der Waals surface area contributed by atoms with E-state index >= 15 is 0 Å². The molecule has 1 aromatic heterocycles. The van der Waals surface area contributed by atoms with Crippen molar-refractivity contribution < 1.29 is 19.1 Å². The molecule has 0 radical (unpaired) electrons. The van der Waals surface area contributed by atoms with E-state index in [0.29, 0.717) is 16.9 Å². The van der Waals surface area contributed by atoms with Crippen LogP contribution in [0, 0.1) is 0 Å². The van der Waals surface area contributed by atoms with Gasteiger partial charge in [0.15, 0.2) is 5.78 Å². The van der Waals surface area contributed by atoms with Crippen molar-refractivity contribution in [1.29, 1.82) is 0 Å². The number of rotatable bonds is 2. The molecule has 5 heteroatoms. The maximum absolute atomic E-state index is 12.1. The quantitative estimate of drug-likeness (QED) is 0.792. The van der Waals surface area contributed by atoms with Crippen LogP contribution in [0.4, 0.5) is 0 Å². The molecule has 0 bridgehead atoms. The summed E-state index contributed by atoms with van der Waals surface area (Å²) < 4.78 is 10.5. The molecule has 2 heterocycles. The zero-order valence-corrected chi connectivity index (χ0v) is 11.4. The van der Waals surface area contributed by atoms with E-state index in [1.807, 2.05) is 6.07 Å². The Balaban J connectivity index is 1.93. The van der Waals surface area contributed by atoms with Gasteiger partial charge in [0.2, 0.25) is 0 Å². The van der Waals surface area contributed by atoms with Crippen molar-refractivity contribution in [3.8, 4) is 5.75 Å². The van der Waals surface area contributed by atoms with Crippen LogP contribution in [0.2, 0.25) is 0 Å². The summed E-state index contributed by atoms with van der Waals surface area (Å²) in [6, 6.07) is 8.57. The lowest BCUT2D eigenvalue weighted by atomic mass is 9.96. The van der Waals surface area contributed by atoms with Gasteiger partial charge in [0.25, 0.3) is 0 Å². The number of Topliss-reactive ketones (excluding diaryl/α,β-unsaturated/α-hetero) is 1. The first-order valence-electron chi connectivity index (χ1n) is 6.51. The molecule has 2 aromatic rings. The Bertz CT molecular complexity index is 711. The smallest absolute Gasteiger partial charge is 0.337 e. The highest BCUT2D eigenvalue weighted by Crippen LogP contribution is 2.34. The van der Waals surface area contributed by atoms with Crippen molar-refractivity contribution in [3.05, 3.63) is 59.4 Å². The lowest BCUT2D eigenvalue weighted by molar-refractivity contribution is 0.0600. The first kappa shape index (κ1) is 13.3. The molecule has 106 valence electrons. The highest BCUT2D eigenvalue weighted by Gasteiger charge is 2.28. The van der Waals surface area contributed by atoms with E-state index in [1.54, 1.807) is 30.5 Å². The summed E-state index contributed by atoms with van der Waals surface area (Å²) in [5.41, 5.74) is 1.74. The van der Waals surface area contributed by atoms with Crippen LogP contribution in [-0.4, -0.2) is 23.8 Å². The number of methoxy groups -OCH3 is 1. The number of pyridine rings is 1. The van der Waals surface area contributed by atoms with Crippen LogP contribution in [0.25, 0.3) is 0 Å².